The second kappa shape index (κ2) is 9.49. The third-order valence-corrected chi connectivity index (χ3v) is 5.53. The fourth-order valence-corrected chi connectivity index (χ4v) is 4.06. The van der Waals surface area contributed by atoms with Crippen LogP contribution in [0.4, 0.5) is 11.5 Å². The van der Waals surface area contributed by atoms with Crippen molar-refractivity contribution in [2.24, 2.45) is 0 Å². The van der Waals surface area contributed by atoms with Gasteiger partial charge in [-0.05, 0) is 23.6 Å². The molecule has 6 nitrogen and oxygen atoms in total. The van der Waals surface area contributed by atoms with Gasteiger partial charge in [-0.25, -0.2) is 4.68 Å². The van der Waals surface area contributed by atoms with E-state index in [1.165, 1.54) is 0 Å². The summed E-state index contributed by atoms with van der Waals surface area (Å²) in [6, 6.07) is 30.6. The lowest BCUT2D eigenvalue weighted by atomic mass is 9.80. The second-order valence-corrected chi connectivity index (χ2v) is 7.46. The first-order valence-electron chi connectivity index (χ1n) is 10.5. The number of nitrogens with two attached hydrogens (primary N) is 1. The topological polar surface area (TPSA) is 82.2 Å². The van der Waals surface area contributed by atoms with Crippen LogP contribution in [0, 0.1) is 6.92 Å². The van der Waals surface area contributed by atoms with Crippen LogP contribution < -0.4 is 11.1 Å². The predicted molar refractivity (Wildman–Crippen MR) is 126 cm³/mol. The first kappa shape index (κ1) is 21.3. The van der Waals surface area contributed by atoms with Crippen molar-refractivity contribution in [3.05, 3.63) is 113 Å². The van der Waals surface area contributed by atoms with Gasteiger partial charge in [0.2, 0.25) is 6.41 Å². The number of carbonyl (C=O) groups excluding carboxylic acids is 1. The Kier molecular flexibility index (Phi) is 6.33. The van der Waals surface area contributed by atoms with Crippen molar-refractivity contribution in [3.8, 4) is 0 Å². The van der Waals surface area contributed by atoms with Crippen molar-refractivity contribution < 1.29 is 9.53 Å². The van der Waals surface area contributed by atoms with Gasteiger partial charge in [0, 0.05) is 0 Å². The number of ether oxygens (including phenoxy) is 1. The summed E-state index contributed by atoms with van der Waals surface area (Å²) in [7, 11) is 0. The highest BCUT2D eigenvalue weighted by atomic mass is 16.5. The van der Waals surface area contributed by atoms with E-state index in [0.717, 1.165) is 16.7 Å². The van der Waals surface area contributed by atoms with Crippen molar-refractivity contribution in [2.45, 2.75) is 19.1 Å². The summed E-state index contributed by atoms with van der Waals surface area (Å²) in [5.74, 6) is 0.405. The van der Waals surface area contributed by atoms with Crippen LogP contribution >= 0.6 is 0 Å². The summed E-state index contributed by atoms with van der Waals surface area (Å²) in [6.07, 6.45) is 0.604. The molecule has 3 aromatic carbocycles. The molecule has 32 heavy (non-hydrogen) atoms. The van der Waals surface area contributed by atoms with Crippen LogP contribution in [0.25, 0.3) is 0 Å². The molecule has 162 valence electrons. The molecule has 0 aliphatic heterocycles. The van der Waals surface area contributed by atoms with Crippen molar-refractivity contribution >= 4 is 17.9 Å². The second-order valence-electron chi connectivity index (χ2n) is 7.46. The minimum Gasteiger partial charge on any atom is -0.382 e. The zero-order valence-electron chi connectivity index (χ0n) is 17.9. The van der Waals surface area contributed by atoms with Crippen LogP contribution in [-0.2, 0) is 21.7 Å². The number of anilines is 2. The van der Waals surface area contributed by atoms with Crippen LogP contribution in [0.5, 0.6) is 0 Å². The number of nitrogen functional groups attached to an aromatic ring is 1. The number of aromatic nitrogens is 2. The standard InChI is InChI=1S/C26H26N4O2/c1-20-24(28-19-31)25(27)30(29-20)17-18-32-26(21-11-5-2-6-12-21,22-13-7-3-8-14-22)23-15-9-4-10-16-23/h2-16,19H,17-18,27H2,1H3,(H,28,31). The molecule has 1 amide bonds. The molecule has 0 radical (unpaired) electrons. The quantitative estimate of drug-likeness (QED) is 0.308. The number of aryl methyl sites for hydroxylation is 1. The Balaban J connectivity index is 1.74. The normalized spacial score (nSPS) is 11.3. The summed E-state index contributed by atoms with van der Waals surface area (Å²) in [5, 5.41) is 7.08. The molecule has 0 aliphatic carbocycles. The molecule has 0 fully saturated rings. The van der Waals surface area contributed by atoms with Gasteiger partial charge in [0.25, 0.3) is 0 Å². The minimum absolute atomic E-state index is 0.352. The number of amides is 1. The molecule has 4 rings (SSSR count). The van der Waals surface area contributed by atoms with E-state index in [0.29, 0.717) is 36.8 Å². The number of nitrogens with zero attached hydrogens (tertiary/aromatic N) is 2. The third-order valence-electron chi connectivity index (χ3n) is 5.53. The van der Waals surface area contributed by atoms with Crippen LogP contribution in [-0.4, -0.2) is 22.8 Å². The van der Waals surface area contributed by atoms with Crippen LogP contribution in [0.2, 0.25) is 0 Å². The molecule has 4 aromatic rings. The molecule has 0 unspecified atom stereocenters. The van der Waals surface area contributed by atoms with E-state index in [2.05, 4.69) is 46.8 Å². The number of carbonyl (C=O) groups is 1. The Morgan fingerprint density at radius 1 is 0.906 bits per heavy atom. The lowest BCUT2D eigenvalue weighted by Gasteiger charge is -2.36. The lowest BCUT2D eigenvalue weighted by Crippen LogP contribution is -2.34. The highest BCUT2D eigenvalue weighted by molar-refractivity contribution is 5.79. The first-order valence-corrected chi connectivity index (χ1v) is 10.5. The maximum atomic E-state index is 10.9. The minimum atomic E-state index is -0.801. The third kappa shape index (κ3) is 4.00. The van der Waals surface area contributed by atoms with Gasteiger partial charge in [-0.2, -0.15) is 5.10 Å². The summed E-state index contributed by atoms with van der Waals surface area (Å²) >= 11 is 0. The molecule has 0 saturated carbocycles. The molecule has 1 heterocycles. The van der Waals surface area contributed by atoms with Crippen LogP contribution in [0.1, 0.15) is 22.4 Å². The molecule has 3 N–H and O–H groups in total. The van der Waals surface area contributed by atoms with Gasteiger partial charge in [-0.3, -0.25) is 4.79 Å². The monoisotopic (exact) mass is 426 g/mol. The molecule has 0 spiro atoms. The highest BCUT2D eigenvalue weighted by Gasteiger charge is 2.37. The van der Waals surface area contributed by atoms with E-state index in [1.807, 2.05) is 61.5 Å². The first-order chi connectivity index (χ1) is 15.7. The average molecular weight is 427 g/mol. The van der Waals surface area contributed by atoms with Gasteiger partial charge in [-0.1, -0.05) is 91.0 Å². The molecule has 1 aromatic heterocycles. The summed E-state index contributed by atoms with van der Waals surface area (Å²) in [4.78, 5) is 10.9. The van der Waals surface area contributed by atoms with Crippen molar-refractivity contribution in [3.63, 3.8) is 0 Å². The molecule has 6 heteroatoms. The van der Waals surface area contributed by atoms with Gasteiger partial charge in [-0.15, -0.1) is 0 Å². The SMILES string of the molecule is Cc1nn(CCOC(c2ccccc2)(c2ccccc2)c2ccccc2)c(N)c1NC=O. The Morgan fingerprint density at radius 3 is 1.81 bits per heavy atom. The Morgan fingerprint density at radius 2 is 1.38 bits per heavy atom. The molecular weight excluding hydrogens is 400 g/mol. The molecular formula is C26H26N4O2. The Labute approximate surface area is 187 Å². The van der Waals surface area contributed by atoms with Crippen molar-refractivity contribution in [2.75, 3.05) is 17.7 Å². The number of hydrogen-bond acceptors (Lipinski definition) is 4. The van der Waals surface area contributed by atoms with Gasteiger partial charge in [0.1, 0.15) is 17.1 Å². The van der Waals surface area contributed by atoms with E-state index in [4.69, 9.17) is 10.5 Å². The molecule has 0 bridgehead atoms. The Bertz CT molecular complexity index is 1060. The average Bonchev–Trinajstić information content (AvgIpc) is 3.11. The zero-order valence-corrected chi connectivity index (χ0v) is 17.9. The van der Waals surface area contributed by atoms with Gasteiger partial charge < -0.3 is 15.8 Å². The van der Waals surface area contributed by atoms with E-state index < -0.39 is 5.60 Å². The number of benzene rings is 3. The number of rotatable bonds is 9. The summed E-state index contributed by atoms with van der Waals surface area (Å²) in [5.41, 5.74) is 9.68. The molecule has 0 saturated heterocycles. The lowest BCUT2D eigenvalue weighted by molar-refractivity contribution is -0.105. The van der Waals surface area contributed by atoms with Gasteiger partial charge >= 0.3 is 0 Å². The Hall–Kier alpha value is -3.90. The van der Waals surface area contributed by atoms with E-state index in [1.54, 1.807) is 4.68 Å². The number of hydrogen-bond donors (Lipinski definition) is 2. The fraction of sp³-hybridized carbons (Fsp3) is 0.154. The maximum Gasteiger partial charge on any atom is 0.211 e. The highest BCUT2D eigenvalue weighted by Crippen LogP contribution is 2.40. The van der Waals surface area contributed by atoms with E-state index in [-0.39, 0.29) is 0 Å². The summed E-state index contributed by atoms with van der Waals surface area (Å²) < 4.78 is 8.41. The largest absolute Gasteiger partial charge is 0.382 e. The van der Waals surface area contributed by atoms with Crippen LogP contribution in [0.15, 0.2) is 91.0 Å². The van der Waals surface area contributed by atoms with Crippen molar-refractivity contribution in [1.29, 1.82) is 0 Å². The van der Waals surface area contributed by atoms with Gasteiger partial charge in [0.15, 0.2) is 0 Å². The van der Waals surface area contributed by atoms with E-state index in [9.17, 15) is 4.79 Å². The summed E-state index contributed by atoms with van der Waals surface area (Å²) in [6.45, 7) is 2.59. The van der Waals surface area contributed by atoms with Crippen molar-refractivity contribution in [1.82, 2.24) is 9.78 Å². The predicted octanol–water partition coefficient (Wildman–Crippen LogP) is 4.35. The molecule has 0 aliphatic rings. The molecule has 0 atom stereocenters. The van der Waals surface area contributed by atoms with Crippen LogP contribution in [0.3, 0.4) is 0 Å². The van der Waals surface area contributed by atoms with Gasteiger partial charge in [0.05, 0.1) is 18.8 Å². The fourth-order valence-electron chi connectivity index (χ4n) is 4.06. The zero-order chi connectivity index (χ0) is 22.4. The number of nitrogens with one attached hydrogen (secondary N) is 1. The smallest absolute Gasteiger partial charge is 0.211 e. The van der Waals surface area contributed by atoms with E-state index >= 15 is 0 Å². The maximum absolute atomic E-state index is 10.9.